The minimum atomic E-state index is -1.22. The standard InChI is InChI=1S/C24H25FN6O4/c1-3-14-17(10-29-23-22(14)27-4-5-35-23)15-6-12-7-18(28-9-16(12)21(26)20(15)25)31(24(33)34)13-8-19(32)30(2)11-13/h6-7,9-10,13,27H,3-5,8,11,26H2,1-2H3,(H,33,34)/t13-/m1/s1. The van der Waals surface area contributed by atoms with E-state index in [0.29, 0.717) is 41.8 Å². The molecule has 0 unspecified atom stereocenters. The molecule has 182 valence electrons. The van der Waals surface area contributed by atoms with Crippen LogP contribution in [-0.2, 0) is 11.2 Å². The van der Waals surface area contributed by atoms with E-state index in [9.17, 15) is 14.7 Å². The van der Waals surface area contributed by atoms with E-state index in [4.69, 9.17) is 10.5 Å². The molecule has 1 atom stereocenters. The Hall–Kier alpha value is -4.15. The number of likely N-dealkylation sites (tertiary alicyclic amines) is 1. The zero-order valence-electron chi connectivity index (χ0n) is 19.3. The molecule has 2 aliphatic rings. The second kappa shape index (κ2) is 8.57. The van der Waals surface area contributed by atoms with Crippen LogP contribution in [0.1, 0.15) is 18.9 Å². The van der Waals surface area contributed by atoms with Crippen LogP contribution in [0, 0.1) is 5.82 Å². The number of nitrogen functional groups attached to an aromatic ring is 1. The van der Waals surface area contributed by atoms with Crippen molar-refractivity contribution in [2.24, 2.45) is 0 Å². The molecule has 1 aromatic carbocycles. The zero-order chi connectivity index (χ0) is 24.9. The molecule has 35 heavy (non-hydrogen) atoms. The molecule has 1 fully saturated rings. The van der Waals surface area contributed by atoms with Crippen molar-refractivity contribution >= 4 is 40.0 Å². The first-order chi connectivity index (χ1) is 16.8. The van der Waals surface area contributed by atoms with Crippen LogP contribution in [0.2, 0.25) is 0 Å². The van der Waals surface area contributed by atoms with E-state index in [1.54, 1.807) is 25.4 Å². The summed E-state index contributed by atoms with van der Waals surface area (Å²) < 4.78 is 21.1. The fourth-order valence-electron chi connectivity index (χ4n) is 4.81. The van der Waals surface area contributed by atoms with Gasteiger partial charge < -0.3 is 25.8 Å². The molecule has 11 heteroatoms. The molecular weight excluding hydrogens is 455 g/mol. The fourth-order valence-corrected chi connectivity index (χ4v) is 4.81. The zero-order valence-corrected chi connectivity index (χ0v) is 19.3. The summed E-state index contributed by atoms with van der Waals surface area (Å²) in [7, 11) is 1.63. The number of halogens is 1. The lowest BCUT2D eigenvalue weighted by Crippen LogP contribution is -2.41. The maximum atomic E-state index is 15.5. The van der Waals surface area contributed by atoms with Gasteiger partial charge in [-0.15, -0.1) is 0 Å². The van der Waals surface area contributed by atoms with Crippen molar-refractivity contribution < 1.29 is 23.8 Å². The number of amides is 2. The SMILES string of the molecule is CCc1c(-c2cc3cc(N(C(=O)O)[C@@H]4CC(=O)N(C)C4)ncc3c(N)c2F)cnc2c1NCCO2. The maximum absolute atomic E-state index is 15.5. The highest BCUT2D eigenvalue weighted by Gasteiger charge is 2.36. The largest absolute Gasteiger partial charge is 0.474 e. The second-order valence-corrected chi connectivity index (χ2v) is 8.66. The lowest BCUT2D eigenvalue weighted by Gasteiger charge is -2.25. The predicted molar refractivity (Wildman–Crippen MR) is 129 cm³/mol. The number of nitrogens with two attached hydrogens (primary N) is 1. The third-order valence-corrected chi connectivity index (χ3v) is 6.56. The highest BCUT2D eigenvalue weighted by Crippen LogP contribution is 2.40. The topological polar surface area (TPSA) is 134 Å². The predicted octanol–water partition coefficient (Wildman–Crippen LogP) is 3.10. The lowest BCUT2D eigenvalue weighted by molar-refractivity contribution is -0.126. The van der Waals surface area contributed by atoms with Crippen LogP contribution in [0.3, 0.4) is 0 Å². The Balaban J connectivity index is 1.65. The van der Waals surface area contributed by atoms with Crippen LogP contribution in [0.5, 0.6) is 5.88 Å². The van der Waals surface area contributed by atoms with Crippen LogP contribution >= 0.6 is 0 Å². The van der Waals surface area contributed by atoms with Crippen molar-refractivity contribution in [2.75, 3.05) is 42.7 Å². The number of likely N-dealkylation sites (N-methyl/N-ethyl adjacent to an activating group) is 1. The number of carboxylic acid groups (broad SMARTS) is 1. The summed E-state index contributed by atoms with van der Waals surface area (Å²) in [6.07, 6.45) is 2.38. The fraction of sp³-hybridized carbons (Fsp3) is 0.333. The number of ether oxygens (including phenoxy) is 1. The van der Waals surface area contributed by atoms with Gasteiger partial charge >= 0.3 is 6.09 Å². The van der Waals surface area contributed by atoms with E-state index in [-0.39, 0.29) is 35.9 Å². The summed E-state index contributed by atoms with van der Waals surface area (Å²) in [4.78, 5) is 35.3. The van der Waals surface area contributed by atoms with Gasteiger partial charge in [-0.2, -0.15) is 0 Å². The van der Waals surface area contributed by atoms with Crippen molar-refractivity contribution in [1.29, 1.82) is 0 Å². The van der Waals surface area contributed by atoms with Gasteiger partial charge in [-0.05, 0) is 29.5 Å². The summed E-state index contributed by atoms with van der Waals surface area (Å²) in [5, 5.41) is 14.1. The number of fused-ring (bicyclic) bond motifs is 2. The van der Waals surface area contributed by atoms with Gasteiger partial charge in [0.15, 0.2) is 5.82 Å². The summed E-state index contributed by atoms with van der Waals surface area (Å²) >= 11 is 0. The van der Waals surface area contributed by atoms with Crippen LogP contribution in [0.25, 0.3) is 21.9 Å². The third-order valence-electron chi connectivity index (χ3n) is 6.56. The average Bonchev–Trinajstić information content (AvgIpc) is 3.17. The summed E-state index contributed by atoms with van der Waals surface area (Å²) in [5.74, 6) is -0.117. The van der Waals surface area contributed by atoms with Crippen molar-refractivity contribution in [3.05, 3.63) is 35.9 Å². The smallest absolute Gasteiger partial charge is 0.413 e. The number of aromatic nitrogens is 2. The first-order valence-electron chi connectivity index (χ1n) is 11.3. The molecule has 0 saturated carbocycles. The number of pyridine rings is 2. The number of carbonyl (C=O) groups excluding carboxylic acids is 1. The van der Waals surface area contributed by atoms with E-state index in [1.165, 1.54) is 11.1 Å². The molecule has 2 aromatic heterocycles. The van der Waals surface area contributed by atoms with Crippen molar-refractivity contribution in [3.8, 4) is 17.0 Å². The van der Waals surface area contributed by atoms with Crippen LogP contribution < -0.4 is 20.7 Å². The van der Waals surface area contributed by atoms with Gasteiger partial charge in [-0.1, -0.05) is 6.92 Å². The molecule has 2 aliphatic heterocycles. The van der Waals surface area contributed by atoms with Crippen LogP contribution in [0.15, 0.2) is 24.5 Å². The Morgan fingerprint density at radius 2 is 2.14 bits per heavy atom. The highest BCUT2D eigenvalue weighted by molar-refractivity contribution is 6.00. The quantitative estimate of drug-likeness (QED) is 0.485. The molecule has 3 aromatic rings. The van der Waals surface area contributed by atoms with Gasteiger partial charge in [0, 0.05) is 55.5 Å². The number of rotatable bonds is 4. The van der Waals surface area contributed by atoms with Gasteiger partial charge in [0.05, 0.1) is 11.7 Å². The molecular formula is C24H25FN6O4. The van der Waals surface area contributed by atoms with Gasteiger partial charge in [-0.25, -0.2) is 19.2 Å². The van der Waals surface area contributed by atoms with Crippen molar-refractivity contribution in [2.45, 2.75) is 25.8 Å². The lowest BCUT2D eigenvalue weighted by atomic mass is 9.95. The Kier molecular flexibility index (Phi) is 5.54. The molecule has 5 rings (SSSR count). The Labute approximate surface area is 200 Å². The van der Waals surface area contributed by atoms with E-state index < -0.39 is 18.0 Å². The number of hydrogen-bond acceptors (Lipinski definition) is 7. The number of nitrogens with zero attached hydrogens (tertiary/aromatic N) is 4. The van der Waals surface area contributed by atoms with Crippen LogP contribution in [-0.4, -0.2) is 64.8 Å². The van der Waals surface area contributed by atoms with Gasteiger partial charge in [-0.3, -0.25) is 9.69 Å². The molecule has 2 amide bonds. The Morgan fingerprint density at radius 1 is 1.34 bits per heavy atom. The van der Waals surface area contributed by atoms with Crippen molar-refractivity contribution in [1.82, 2.24) is 14.9 Å². The summed E-state index contributed by atoms with van der Waals surface area (Å²) in [6, 6.07) is 2.62. The Bertz CT molecular complexity index is 1360. The number of anilines is 3. The van der Waals surface area contributed by atoms with Crippen molar-refractivity contribution in [3.63, 3.8) is 0 Å². The number of hydrogen-bond donors (Lipinski definition) is 3. The van der Waals surface area contributed by atoms with Crippen LogP contribution in [0.4, 0.5) is 26.4 Å². The number of carbonyl (C=O) groups is 2. The first kappa shape index (κ1) is 22.6. The second-order valence-electron chi connectivity index (χ2n) is 8.66. The molecule has 0 bridgehead atoms. The molecule has 0 aliphatic carbocycles. The summed E-state index contributed by atoms with van der Waals surface area (Å²) in [5.41, 5.74) is 8.50. The van der Waals surface area contributed by atoms with Gasteiger partial charge in [0.2, 0.25) is 11.8 Å². The van der Waals surface area contributed by atoms with E-state index in [0.717, 1.165) is 16.2 Å². The normalized spacial score (nSPS) is 17.2. The molecule has 1 saturated heterocycles. The molecule has 10 nitrogen and oxygen atoms in total. The summed E-state index contributed by atoms with van der Waals surface area (Å²) in [6.45, 7) is 3.34. The van der Waals surface area contributed by atoms with E-state index in [1.807, 2.05) is 6.92 Å². The third kappa shape index (κ3) is 3.72. The molecule has 0 radical (unpaired) electrons. The molecule has 4 heterocycles. The maximum Gasteiger partial charge on any atom is 0.413 e. The van der Waals surface area contributed by atoms with E-state index >= 15 is 4.39 Å². The monoisotopic (exact) mass is 480 g/mol. The highest BCUT2D eigenvalue weighted by atomic mass is 19.1. The molecule has 0 spiro atoms. The Morgan fingerprint density at radius 3 is 2.83 bits per heavy atom. The first-order valence-corrected chi connectivity index (χ1v) is 11.3. The minimum absolute atomic E-state index is 0.0645. The average molecular weight is 481 g/mol. The minimum Gasteiger partial charge on any atom is -0.474 e. The number of nitrogens with one attached hydrogen (secondary N) is 1. The van der Waals surface area contributed by atoms with Gasteiger partial charge in [0.1, 0.15) is 18.1 Å². The van der Waals surface area contributed by atoms with E-state index in [2.05, 4.69) is 15.3 Å². The molecule has 4 N–H and O–H groups in total. The number of benzene rings is 1. The van der Waals surface area contributed by atoms with Gasteiger partial charge in [0.25, 0.3) is 0 Å².